The summed E-state index contributed by atoms with van der Waals surface area (Å²) in [5.41, 5.74) is 0.922. The molecule has 0 saturated carbocycles. The SMILES string of the molecule is C=C(C)COCCNC(=O)NC(CC(=O)O)C(C)C. The van der Waals surface area contributed by atoms with Gasteiger partial charge in [-0.3, -0.25) is 4.79 Å². The molecular weight excluding hydrogens is 248 g/mol. The van der Waals surface area contributed by atoms with Crippen LogP contribution in [0.4, 0.5) is 4.79 Å². The predicted molar refractivity (Wildman–Crippen MR) is 73.0 cm³/mol. The minimum absolute atomic E-state index is 0.0570. The molecular formula is C13H24N2O4. The van der Waals surface area contributed by atoms with Gasteiger partial charge in [-0.05, 0) is 12.8 Å². The second-order valence-electron chi connectivity index (χ2n) is 4.86. The molecule has 0 heterocycles. The van der Waals surface area contributed by atoms with E-state index in [1.54, 1.807) is 0 Å². The topological polar surface area (TPSA) is 87.7 Å². The second-order valence-corrected chi connectivity index (χ2v) is 4.86. The molecule has 0 aliphatic carbocycles. The van der Waals surface area contributed by atoms with Gasteiger partial charge in [-0.15, -0.1) is 0 Å². The maximum Gasteiger partial charge on any atom is 0.315 e. The van der Waals surface area contributed by atoms with E-state index in [1.165, 1.54) is 0 Å². The lowest BCUT2D eigenvalue weighted by atomic mass is 10.0. The molecule has 0 bridgehead atoms. The highest BCUT2D eigenvalue weighted by Gasteiger charge is 2.18. The number of carboxylic acid groups (broad SMARTS) is 1. The maximum absolute atomic E-state index is 11.5. The van der Waals surface area contributed by atoms with Gasteiger partial charge in [-0.25, -0.2) is 4.79 Å². The van der Waals surface area contributed by atoms with Crippen molar-refractivity contribution in [2.24, 2.45) is 5.92 Å². The first kappa shape index (κ1) is 17.4. The first-order chi connectivity index (χ1) is 8.82. The van der Waals surface area contributed by atoms with Crippen LogP contribution >= 0.6 is 0 Å². The number of rotatable bonds is 9. The molecule has 0 aromatic rings. The Hall–Kier alpha value is -1.56. The average Bonchev–Trinajstić information content (AvgIpc) is 2.26. The van der Waals surface area contributed by atoms with Crippen molar-refractivity contribution in [1.82, 2.24) is 10.6 Å². The summed E-state index contributed by atoms with van der Waals surface area (Å²) >= 11 is 0. The van der Waals surface area contributed by atoms with Crippen LogP contribution in [0.2, 0.25) is 0 Å². The van der Waals surface area contributed by atoms with Crippen LogP contribution in [0.5, 0.6) is 0 Å². The number of hydrogen-bond acceptors (Lipinski definition) is 3. The number of urea groups is 1. The van der Waals surface area contributed by atoms with Crippen molar-refractivity contribution in [3.05, 3.63) is 12.2 Å². The number of ether oxygens (including phenoxy) is 1. The number of nitrogens with one attached hydrogen (secondary N) is 2. The molecule has 2 amide bonds. The molecule has 0 rings (SSSR count). The van der Waals surface area contributed by atoms with Crippen molar-refractivity contribution >= 4 is 12.0 Å². The van der Waals surface area contributed by atoms with Gasteiger partial charge in [0.1, 0.15) is 0 Å². The van der Waals surface area contributed by atoms with Gasteiger partial charge in [0.2, 0.25) is 0 Å². The first-order valence-electron chi connectivity index (χ1n) is 6.31. The van der Waals surface area contributed by atoms with E-state index in [2.05, 4.69) is 17.2 Å². The molecule has 0 aliphatic heterocycles. The van der Waals surface area contributed by atoms with E-state index in [1.807, 2.05) is 20.8 Å². The molecule has 0 aliphatic rings. The smallest absolute Gasteiger partial charge is 0.315 e. The van der Waals surface area contributed by atoms with E-state index in [0.717, 1.165) is 5.57 Å². The number of aliphatic carboxylic acids is 1. The zero-order valence-electron chi connectivity index (χ0n) is 11.9. The quantitative estimate of drug-likeness (QED) is 0.437. The van der Waals surface area contributed by atoms with Crippen molar-refractivity contribution in [1.29, 1.82) is 0 Å². The minimum atomic E-state index is -0.927. The maximum atomic E-state index is 11.5. The Morgan fingerprint density at radius 2 is 2.00 bits per heavy atom. The molecule has 6 heteroatoms. The van der Waals surface area contributed by atoms with Crippen LogP contribution in [-0.2, 0) is 9.53 Å². The summed E-state index contributed by atoms with van der Waals surface area (Å²) in [5.74, 6) is -0.870. The molecule has 19 heavy (non-hydrogen) atoms. The van der Waals surface area contributed by atoms with E-state index in [9.17, 15) is 9.59 Å². The van der Waals surface area contributed by atoms with Crippen molar-refractivity contribution in [3.63, 3.8) is 0 Å². The number of amides is 2. The van der Waals surface area contributed by atoms with Gasteiger partial charge >= 0.3 is 12.0 Å². The van der Waals surface area contributed by atoms with Gasteiger partial charge in [0.15, 0.2) is 0 Å². The summed E-state index contributed by atoms with van der Waals surface area (Å²) in [5, 5.41) is 14.0. The fourth-order valence-corrected chi connectivity index (χ4v) is 1.34. The summed E-state index contributed by atoms with van der Waals surface area (Å²) in [4.78, 5) is 22.2. The predicted octanol–water partition coefficient (Wildman–Crippen LogP) is 1.38. The summed E-state index contributed by atoms with van der Waals surface area (Å²) in [7, 11) is 0. The standard InChI is InChI=1S/C13H24N2O4/c1-9(2)8-19-6-5-14-13(18)15-11(10(3)4)7-12(16)17/h10-11H,1,5-8H2,2-4H3,(H,16,17)(H2,14,15,18). The Balaban J connectivity index is 3.87. The van der Waals surface area contributed by atoms with Crippen molar-refractivity contribution in [2.45, 2.75) is 33.2 Å². The van der Waals surface area contributed by atoms with E-state index in [-0.39, 0.29) is 24.4 Å². The number of carbonyl (C=O) groups excluding carboxylic acids is 1. The average molecular weight is 272 g/mol. The van der Waals surface area contributed by atoms with E-state index >= 15 is 0 Å². The number of carboxylic acids is 1. The summed E-state index contributed by atoms with van der Waals surface area (Å²) in [6.45, 7) is 10.5. The van der Waals surface area contributed by atoms with Crippen molar-refractivity contribution < 1.29 is 19.4 Å². The van der Waals surface area contributed by atoms with Gasteiger partial charge < -0.3 is 20.5 Å². The van der Waals surface area contributed by atoms with Crippen LogP contribution in [0.25, 0.3) is 0 Å². The molecule has 1 atom stereocenters. The fraction of sp³-hybridized carbons (Fsp3) is 0.692. The van der Waals surface area contributed by atoms with Gasteiger partial charge in [0.25, 0.3) is 0 Å². The van der Waals surface area contributed by atoms with E-state index in [0.29, 0.717) is 19.8 Å². The van der Waals surface area contributed by atoms with Crippen LogP contribution < -0.4 is 10.6 Å². The van der Waals surface area contributed by atoms with Crippen molar-refractivity contribution in [2.75, 3.05) is 19.8 Å². The second kappa shape index (κ2) is 9.38. The van der Waals surface area contributed by atoms with Crippen LogP contribution in [-0.4, -0.2) is 42.9 Å². The van der Waals surface area contributed by atoms with Gasteiger partial charge in [0, 0.05) is 12.6 Å². The molecule has 0 aromatic carbocycles. The first-order valence-corrected chi connectivity index (χ1v) is 6.31. The molecule has 0 fully saturated rings. The third kappa shape index (κ3) is 10.1. The lowest BCUT2D eigenvalue weighted by Crippen LogP contribution is -2.46. The molecule has 0 saturated heterocycles. The highest BCUT2D eigenvalue weighted by atomic mass is 16.5. The summed E-state index contributed by atoms with van der Waals surface area (Å²) < 4.78 is 5.23. The third-order valence-corrected chi connectivity index (χ3v) is 2.40. The van der Waals surface area contributed by atoms with Crippen LogP contribution in [0.3, 0.4) is 0 Å². The zero-order valence-corrected chi connectivity index (χ0v) is 11.9. The minimum Gasteiger partial charge on any atom is -0.481 e. The summed E-state index contributed by atoms with van der Waals surface area (Å²) in [6.07, 6.45) is -0.0861. The molecule has 6 nitrogen and oxygen atoms in total. The monoisotopic (exact) mass is 272 g/mol. The Bertz CT molecular complexity index is 316. The molecule has 1 unspecified atom stereocenters. The van der Waals surface area contributed by atoms with Gasteiger partial charge in [-0.1, -0.05) is 26.0 Å². The molecule has 0 aromatic heterocycles. The Labute approximate surface area is 114 Å². The highest BCUT2D eigenvalue weighted by Crippen LogP contribution is 2.05. The number of carbonyl (C=O) groups is 2. The molecule has 0 spiro atoms. The van der Waals surface area contributed by atoms with Crippen LogP contribution in [0, 0.1) is 5.92 Å². The fourth-order valence-electron chi connectivity index (χ4n) is 1.34. The zero-order chi connectivity index (χ0) is 14.8. The lowest BCUT2D eigenvalue weighted by molar-refractivity contribution is -0.137. The molecule has 3 N–H and O–H groups in total. The van der Waals surface area contributed by atoms with E-state index in [4.69, 9.17) is 9.84 Å². The third-order valence-electron chi connectivity index (χ3n) is 2.40. The lowest BCUT2D eigenvalue weighted by Gasteiger charge is -2.20. The van der Waals surface area contributed by atoms with Gasteiger partial charge in [0.05, 0.1) is 19.6 Å². The summed E-state index contributed by atoms with van der Waals surface area (Å²) in [6, 6.07) is -0.757. The van der Waals surface area contributed by atoms with Crippen LogP contribution in [0.1, 0.15) is 27.2 Å². The van der Waals surface area contributed by atoms with Crippen molar-refractivity contribution in [3.8, 4) is 0 Å². The Kier molecular flexibility index (Phi) is 8.61. The molecule has 0 radical (unpaired) electrons. The Morgan fingerprint density at radius 1 is 1.37 bits per heavy atom. The normalized spacial score (nSPS) is 12.0. The number of hydrogen-bond donors (Lipinski definition) is 3. The largest absolute Gasteiger partial charge is 0.481 e. The van der Waals surface area contributed by atoms with E-state index < -0.39 is 5.97 Å². The van der Waals surface area contributed by atoms with Gasteiger partial charge in [-0.2, -0.15) is 0 Å². The highest BCUT2D eigenvalue weighted by molar-refractivity contribution is 5.75. The molecule has 110 valence electrons. The Morgan fingerprint density at radius 3 is 2.47 bits per heavy atom. The van der Waals surface area contributed by atoms with Crippen LogP contribution in [0.15, 0.2) is 12.2 Å².